The van der Waals surface area contributed by atoms with E-state index in [4.69, 9.17) is 0 Å². The molecule has 2 aliphatic rings. The van der Waals surface area contributed by atoms with Crippen molar-refractivity contribution in [3.8, 4) is 10.8 Å². The maximum Gasteiger partial charge on any atom is 0.326 e. The zero-order valence-electron chi connectivity index (χ0n) is 13.5. The van der Waals surface area contributed by atoms with Crippen LogP contribution in [0.25, 0.3) is 10.8 Å². The van der Waals surface area contributed by atoms with E-state index in [0.717, 1.165) is 25.7 Å². The number of rotatable bonds is 3. The van der Waals surface area contributed by atoms with E-state index in [1.807, 2.05) is 0 Å². The molecule has 0 spiro atoms. The molecule has 2 aromatic heterocycles. The van der Waals surface area contributed by atoms with Gasteiger partial charge in [0.2, 0.25) is 0 Å². The van der Waals surface area contributed by atoms with E-state index >= 15 is 0 Å². The molecule has 1 aliphatic carbocycles. The van der Waals surface area contributed by atoms with E-state index in [9.17, 15) is 14.7 Å². The Morgan fingerprint density at radius 3 is 2.68 bits per heavy atom. The third-order valence-corrected chi connectivity index (χ3v) is 6.06. The van der Waals surface area contributed by atoms with Gasteiger partial charge in [-0.1, -0.05) is 12.8 Å². The molecule has 0 aromatic carbocycles. The quantitative estimate of drug-likeness (QED) is 0.905. The molecule has 3 heterocycles. The largest absolute Gasteiger partial charge is 0.480 e. The SMILES string of the molecule is O=C(O)C1CC2CCCCC2N1C(=O)c1cnc(-c2ncccn2)s1. The molecule has 8 heteroatoms. The summed E-state index contributed by atoms with van der Waals surface area (Å²) in [6.07, 6.45) is 9.36. The second-order valence-electron chi connectivity index (χ2n) is 6.52. The minimum atomic E-state index is -0.918. The van der Waals surface area contributed by atoms with E-state index in [2.05, 4.69) is 15.0 Å². The Hall–Kier alpha value is -2.35. The fourth-order valence-corrected chi connectivity index (χ4v) is 4.79. The lowest BCUT2D eigenvalue weighted by Crippen LogP contribution is -2.46. The molecule has 130 valence electrons. The van der Waals surface area contributed by atoms with Crippen LogP contribution in [0, 0.1) is 5.92 Å². The average Bonchev–Trinajstić information content (AvgIpc) is 3.27. The summed E-state index contributed by atoms with van der Waals surface area (Å²) in [6.45, 7) is 0. The molecule has 3 unspecified atom stereocenters. The van der Waals surface area contributed by atoms with Crippen molar-refractivity contribution in [3.05, 3.63) is 29.5 Å². The Morgan fingerprint density at radius 2 is 1.92 bits per heavy atom. The molecule has 4 rings (SSSR count). The number of nitrogens with zero attached hydrogens (tertiary/aromatic N) is 4. The van der Waals surface area contributed by atoms with Gasteiger partial charge in [-0.2, -0.15) is 0 Å². The Morgan fingerprint density at radius 1 is 1.16 bits per heavy atom. The number of carboxylic acids is 1. The molecule has 1 aliphatic heterocycles. The molecule has 3 atom stereocenters. The summed E-state index contributed by atoms with van der Waals surface area (Å²) in [4.78, 5) is 39.3. The zero-order chi connectivity index (χ0) is 17.4. The number of thiazole rings is 1. The maximum atomic E-state index is 13.1. The lowest BCUT2D eigenvalue weighted by Gasteiger charge is -2.32. The maximum absolute atomic E-state index is 13.1. The number of fused-ring (bicyclic) bond motifs is 1. The summed E-state index contributed by atoms with van der Waals surface area (Å²) in [7, 11) is 0. The van der Waals surface area contributed by atoms with Gasteiger partial charge in [0.15, 0.2) is 10.8 Å². The average molecular weight is 358 g/mol. The van der Waals surface area contributed by atoms with Crippen molar-refractivity contribution in [2.45, 2.75) is 44.2 Å². The predicted octanol–water partition coefficient (Wildman–Crippen LogP) is 2.46. The van der Waals surface area contributed by atoms with Gasteiger partial charge in [0.1, 0.15) is 10.9 Å². The summed E-state index contributed by atoms with van der Waals surface area (Å²) >= 11 is 1.21. The fourth-order valence-electron chi connectivity index (χ4n) is 3.99. The van der Waals surface area contributed by atoms with Crippen LogP contribution in [0.4, 0.5) is 0 Å². The number of likely N-dealkylation sites (tertiary alicyclic amines) is 1. The van der Waals surface area contributed by atoms with Crippen LogP contribution < -0.4 is 0 Å². The van der Waals surface area contributed by atoms with Crippen molar-refractivity contribution < 1.29 is 14.7 Å². The monoisotopic (exact) mass is 358 g/mol. The van der Waals surface area contributed by atoms with Gasteiger partial charge in [0.05, 0.1) is 6.20 Å². The van der Waals surface area contributed by atoms with Crippen LogP contribution in [0.5, 0.6) is 0 Å². The smallest absolute Gasteiger partial charge is 0.326 e. The Labute approximate surface area is 148 Å². The molecule has 1 N–H and O–H groups in total. The predicted molar refractivity (Wildman–Crippen MR) is 91.1 cm³/mol. The first-order chi connectivity index (χ1) is 12.1. The third kappa shape index (κ3) is 2.90. The van der Waals surface area contributed by atoms with Gasteiger partial charge in [-0.15, -0.1) is 11.3 Å². The number of amides is 1. The third-order valence-electron chi connectivity index (χ3n) is 5.08. The molecular weight excluding hydrogens is 340 g/mol. The van der Waals surface area contributed by atoms with Crippen molar-refractivity contribution >= 4 is 23.2 Å². The molecule has 7 nitrogen and oxygen atoms in total. The van der Waals surface area contributed by atoms with Gasteiger partial charge in [-0.3, -0.25) is 4.79 Å². The molecule has 2 fully saturated rings. The normalized spacial score (nSPS) is 25.6. The van der Waals surface area contributed by atoms with Crippen LogP contribution in [0.3, 0.4) is 0 Å². The Kier molecular flexibility index (Phi) is 4.20. The lowest BCUT2D eigenvalue weighted by molar-refractivity contribution is -0.141. The van der Waals surface area contributed by atoms with Crippen molar-refractivity contribution in [3.63, 3.8) is 0 Å². The highest BCUT2D eigenvalue weighted by Crippen LogP contribution is 2.41. The standard InChI is InChI=1S/C17H18N4O3S/c22-16(13-9-20-15(25-13)14-18-6-3-7-19-14)21-11-5-2-1-4-10(11)8-12(21)17(23)24/h3,6-7,9-12H,1-2,4-5,8H2,(H,23,24). The molecular formula is C17H18N4O3S. The summed E-state index contributed by atoms with van der Waals surface area (Å²) in [5.74, 6) is -0.387. The molecule has 2 aromatic rings. The van der Waals surface area contributed by atoms with Gasteiger partial charge in [0.25, 0.3) is 5.91 Å². The molecule has 0 bridgehead atoms. The minimum absolute atomic E-state index is 0.0286. The number of carbonyl (C=O) groups is 2. The minimum Gasteiger partial charge on any atom is -0.480 e. The first-order valence-corrected chi connectivity index (χ1v) is 9.25. The van der Waals surface area contributed by atoms with Crippen LogP contribution in [0.1, 0.15) is 41.8 Å². The van der Waals surface area contributed by atoms with Crippen LogP contribution >= 0.6 is 11.3 Å². The van der Waals surface area contributed by atoms with E-state index in [1.165, 1.54) is 17.5 Å². The van der Waals surface area contributed by atoms with Crippen molar-refractivity contribution in [1.29, 1.82) is 0 Å². The van der Waals surface area contributed by atoms with Crippen LogP contribution in [0.2, 0.25) is 0 Å². The lowest BCUT2D eigenvalue weighted by atomic mass is 9.85. The van der Waals surface area contributed by atoms with E-state index in [0.29, 0.717) is 28.0 Å². The first-order valence-electron chi connectivity index (χ1n) is 8.44. The van der Waals surface area contributed by atoms with Gasteiger partial charge in [0, 0.05) is 18.4 Å². The summed E-state index contributed by atoms with van der Waals surface area (Å²) in [5.41, 5.74) is 0. The molecule has 0 radical (unpaired) electrons. The van der Waals surface area contributed by atoms with E-state index < -0.39 is 12.0 Å². The number of carboxylic acid groups (broad SMARTS) is 1. The number of carbonyl (C=O) groups excluding carboxylic acids is 1. The molecule has 1 saturated heterocycles. The van der Waals surface area contributed by atoms with E-state index in [-0.39, 0.29) is 11.9 Å². The topological polar surface area (TPSA) is 96.3 Å². The van der Waals surface area contributed by atoms with Gasteiger partial charge < -0.3 is 10.0 Å². The van der Waals surface area contributed by atoms with Crippen LogP contribution in [0.15, 0.2) is 24.7 Å². The zero-order valence-corrected chi connectivity index (χ0v) is 14.4. The number of aromatic nitrogens is 3. The number of hydrogen-bond acceptors (Lipinski definition) is 6. The van der Waals surface area contributed by atoms with Gasteiger partial charge in [-0.25, -0.2) is 19.7 Å². The first kappa shape index (κ1) is 16.1. The summed E-state index contributed by atoms with van der Waals surface area (Å²) in [6, 6.07) is 1.01. The second kappa shape index (κ2) is 6.51. The summed E-state index contributed by atoms with van der Waals surface area (Å²) in [5, 5.41) is 10.1. The molecule has 25 heavy (non-hydrogen) atoms. The van der Waals surface area contributed by atoms with E-state index in [1.54, 1.807) is 23.4 Å². The van der Waals surface area contributed by atoms with Crippen molar-refractivity contribution in [1.82, 2.24) is 19.9 Å². The van der Waals surface area contributed by atoms with Crippen molar-refractivity contribution in [2.24, 2.45) is 5.92 Å². The Balaban J connectivity index is 1.63. The number of aliphatic carboxylic acids is 1. The summed E-state index contributed by atoms with van der Waals surface area (Å²) < 4.78 is 0. The molecule has 1 saturated carbocycles. The van der Waals surface area contributed by atoms with Crippen LogP contribution in [-0.2, 0) is 4.79 Å². The number of hydrogen-bond donors (Lipinski definition) is 1. The molecule has 1 amide bonds. The van der Waals surface area contributed by atoms with Gasteiger partial charge >= 0.3 is 5.97 Å². The van der Waals surface area contributed by atoms with Crippen LogP contribution in [-0.4, -0.2) is 48.9 Å². The second-order valence-corrected chi connectivity index (χ2v) is 7.55. The van der Waals surface area contributed by atoms with Gasteiger partial charge in [-0.05, 0) is 31.2 Å². The Bertz CT molecular complexity index is 794. The fraction of sp³-hybridized carbons (Fsp3) is 0.471. The highest BCUT2D eigenvalue weighted by atomic mass is 32.1. The van der Waals surface area contributed by atoms with Crippen molar-refractivity contribution in [2.75, 3.05) is 0 Å². The highest BCUT2D eigenvalue weighted by Gasteiger charge is 2.48. The highest BCUT2D eigenvalue weighted by molar-refractivity contribution is 7.16.